The molecule has 0 saturated heterocycles. The molecule has 0 aliphatic carbocycles. The molecule has 0 bridgehead atoms. The van der Waals surface area contributed by atoms with Crippen LogP contribution in [0.15, 0.2) is 34.9 Å². The molecule has 0 radical (unpaired) electrons. The standard InChI is InChI=1S/C15H21N3OS/c1-15(2,11-7-5-4-6-8-11)14-17-13(19-18-14)12(16)9-10-20-3/h4-8,12H,9-10,16H2,1-3H3/t12-/m0/s1. The number of hydrogen-bond donors (Lipinski definition) is 1. The molecule has 0 saturated carbocycles. The van der Waals surface area contributed by atoms with Gasteiger partial charge >= 0.3 is 0 Å². The van der Waals surface area contributed by atoms with Crippen molar-refractivity contribution in [3.8, 4) is 0 Å². The Bertz CT molecular complexity index is 539. The maximum Gasteiger partial charge on any atom is 0.243 e. The van der Waals surface area contributed by atoms with Crippen LogP contribution < -0.4 is 5.73 Å². The predicted molar refractivity (Wildman–Crippen MR) is 82.8 cm³/mol. The van der Waals surface area contributed by atoms with E-state index < -0.39 is 0 Å². The van der Waals surface area contributed by atoms with Crippen molar-refractivity contribution in [2.24, 2.45) is 5.73 Å². The van der Waals surface area contributed by atoms with Crippen LogP contribution in [-0.4, -0.2) is 22.1 Å². The maximum atomic E-state index is 6.07. The molecule has 1 atom stereocenters. The largest absolute Gasteiger partial charge is 0.338 e. The van der Waals surface area contributed by atoms with Crippen molar-refractivity contribution in [2.75, 3.05) is 12.0 Å². The first-order valence-electron chi connectivity index (χ1n) is 6.70. The predicted octanol–water partition coefficient (Wildman–Crippen LogP) is 3.15. The highest BCUT2D eigenvalue weighted by atomic mass is 32.2. The Kier molecular flexibility index (Phi) is 4.83. The molecular formula is C15H21N3OS. The second-order valence-corrected chi connectivity index (χ2v) is 6.32. The van der Waals surface area contributed by atoms with Gasteiger partial charge in [0.15, 0.2) is 5.82 Å². The van der Waals surface area contributed by atoms with Crippen LogP contribution in [0.5, 0.6) is 0 Å². The summed E-state index contributed by atoms with van der Waals surface area (Å²) in [5.41, 5.74) is 6.93. The van der Waals surface area contributed by atoms with E-state index in [9.17, 15) is 0 Å². The summed E-state index contributed by atoms with van der Waals surface area (Å²) in [6, 6.07) is 9.99. The number of aromatic nitrogens is 2. The van der Waals surface area contributed by atoms with Gasteiger partial charge in [0.25, 0.3) is 0 Å². The molecule has 108 valence electrons. The van der Waals surface area contributed by atoms with Gasteiger partial charge in [0.05, 0.1) is 11.5 Å². The van der Waals surface area contributed by atoms with Crippen LogP contribution >= 0.6 is 11.8 Å². The fraction of sp³-hybridized carbons (Fsp3) is 0.467. The first-order valence-corrected chi connectivity index (χ1v) is 8.09. The van der Waals surface area contributed by atoms with E-state index in [4.69, 9.17) is 10.3 Å². The number of hydrogen-bond acceptors (Lipinski definition) is 5. The zero-order valence-corrected chi connectivity index (χ0v) is 13.0. The molecule has 2 N–H and O–H groups in total. The minimum atomic E-state index is -0.289. The van der Waals surface area contributed by atoms with Gasteiger partial charge in [-0.1, -0.05) is 35.5 Å². The number of benzene rings is 1. The normalized spacial score (nSPS) is 13.4. The lowest BCUT2D eigenvalue weighted by Gasteiger charge is -2.20. The van der Waals surface area contributed by atoms with Gasteiger partial charge in [-0.3, -0.25) is 0 Å². The summed E-state index contributed by atoms with van der Waals surface area (Å²) >= 11 is 1.76. The SMILES string of the molecule is CSCC[C@H](N)c1nc(C(C)(C)c2ccccc2)no1. The van der Waals surface area contributed by atoms with Crippen molar-refractivity contribution in [2.45, 2.75) is 31.7 Å². The second-order valence-electron chi connectivity index (χ2n) is 5.34. The Morgan fingerprint density at radius 3 is 2.65 bits per heavy atom. The summed E-state index contributed by atoms with van der Waals surface area (Å²) in [7, 11) is 0. The van der Waals surface area contributed by atoms with Crippen molar-refractivity contribution in [1.82, 2.24) is 10.1 Å². The lowest BCUT2D eigenvalue weighted by atomic mass is 9.84. The Labute approximate surface area is 124 Å². The molecule has 1 aromatic carbocycles. The molecule has 0 unspecified atom stereocenters. The molecule has 4 nitrogen and oxygen atoms in total. The minimum Gasteiger partial charge on any atom is -0.338 e. The number of rotatable bonds is 6. The lowest BCUT2D eigenvalue weighted by Crippen LogP contribution is -2.21. The highest BCUT2D eigenvalue weighted by Crippen LogP contribution is 2.29. The maximum absolute atomic E-state index is 6.07. The van der Waals surface area contributed by atoms with Gasteiger partial charge < -0.3 is 10.3 Å². The van der Waals surface area contributed by atoms with Gasteiger partial charge in [0.2, 0.25) is 5.89 Å². The van der Waals surface area contributed by atoms with Crippen LogP contribution in [0, 0.1) is 0 Å². The van der Waals surface area contributed by atoms with Gasteiger partial charge in [-0.05, 0) is 37.8 Å². The van der Waals surface area contributed by atoms with E-state index in [0.717, 1.165) is 17.7 Å². The average Bonchev–Trinajstić information content (AvgIpc) is 2.96. The summed E-state index contributed by atoms with van der Waals surface area (Å²) < 4.78 is 5.34. The Hall–Kier alpha value is -1.33. The van der Waals surface area contributed by atoms with E-state index in [0.29, 0.717) is 11.7 Å². The summed E-state index contributed by atoms with van der Waals surface area (Å²) in [6.07, 6.45) is 2.90. The number of thioether (sulfide) groups is 1. The van der Waals surface area contributed by atoms with Gasteiger partial charge in [-0.25, -0.2) is 0 Å². The van der Waals surface area contributed by atoms with Crippen LogP contribution in [0.25, 0.3) is 0 Å². The minimum absolute atomic E-state index is 0.185. The van der Waals surface area contributed by atoms with E-state index >= 15 is 0 Å². The summed E-state index contributed by atoms with van der Waals surface area (Å²) in [4.78, 5) is 4.50. The molecule has 0 aliphatic rings. The Morgan fingerprint density at radius 1 is 1.30 bits per heavy atom. The molecule has 2 aromatic rings. The van der Waals surface area contributed by atoms with Crippen LogP contribution in [0.2, 0.25) is 0 Å². The average molecular weight is 291 g/mol. The van der Waals surface area contributed by atoms with Crippen molar-refractivity contribution >= 4 is 11.8 Å². The topological polar surface area (TPSA) is 64.9 Å². The molecular weight excluding hydrogens is 270 g/mol. The zero-order valence-electron chi connectivity index (χ0n) is 12.2. The molecule has 0 amide bonds. The highest BCUT2D eigenvalue weighted by Gasteiger charge is 2.29. The van der Waals surface area contributed by atoms with E-state index in [1.54, 1.807) is 11.8 Å². The van der Waals surface area contributed by atoms with Gasteiger partial charge in [0.1, 0.15) is 0 Å². The van der Waals surface area contributed by atoms with Crippen molar-refractivity contribution in [3.05, 3.63) is 47.6 Å². The molecule has 20 heavy (non-hydrogen) atoms. The quantitative estimate of drug-likeness (QED) is 0.885. The monoisotopic (exact) mass is 291 g/mol. The van der Waals surface area contributed by atoms with Crippen molar-refractivity contribution < 1.29 is 4.52 Å². The van der Waals surface area contributed by atoms with E-state index in [1.807, 2.05) is 18.2 Å². The first kappa shape index (κ1) is 15.1. The fourth-order valence-electron chi connectivity index (χ4n) is 1.99. The van der Waals surface area contributed by atoms with E-state index in [-0.39, 0.29) is 11.5 Å². The molecule has 0 aliphatic heterocycles. The molecule has 0 spiro atoms. The Balaban J connectivity index is 2.19. The molecule has 2 rings (SSSR count). The Morgan fingerprint density at radius 2 is 2.00 bits per heavy atom. The molecule has 0 fully saturated rings. The van der Waals surface area contributed by atoms with Gasteiger partial charge in [-0.15, -0.1) is 0 Å². The highest BCUT2D eigenvalue weighted by molar-refractivity contribution is 7.98. The fourth-order valence-corrected chi connectivity index (χ4v) is 2.48. The number of nitrogens with zero attached hydrogens (tertiary/aromatic N) is 2. The zero-order chi connectivity index (χ0) is 14.6. The van der Waals surface area contributed by atoms with Crippen molar-refractivity contribution in [3.63, 3.8) is 0 Å². The third kappa shape index (κ3) is 3.22. The van der Waals surface area contributed by atoms with E-state index in [1.165, 1.54) is 0 Å². The summed E-state index contributed by atoms with van der Waals surface area (Å²) in [6.45, 7) is 4.18. The van der Waals surface area contributed by atoms with Crippen LogP contribution in [0.3, 0.4) is 0 Å². The molecule has 1 aromatic heterocycles. The smallest absolute Gasteiger partial charge is 0.243 e. The first-order chi connectivity index (χ1) is 9.55. The number of nitrogens with two attached hydrogens (primary N) is 1. The van der Waals surface area contributed by atoms with Gasteiger partial charge in [-0.2, -0.15) is 16.7 Å². The van der Waals surface area contributed by atoms with Crippen LogP contribution in [0.1, 0.15) is 43.6 Å². The van der Waals surface area contributed by atoms with E-state index in [2.05, 4.69) is 42.4 Å². The summed E-state index contributed by atoms with van der Waals surface area (Å²) in [5.74, 6) is 2.19. The lowest BCUT2D eigenvalue weighted by molar-refractivity contribution is 0.344. The third-order valence-corrected chi connectivity index (χ3v) is 4.09. The summed E-state index contributed by atoms with van der Waals surface area (Å²) in [5, 5.41) is 4.12. The third-order valence-electron chi connectivity index (χ3n) is 3.45. The van der Waals surface area contributed by atoms with Crippen LogP contribution in [-0.2, 0) is 5.41 Å². The van der Waals surface area contributed by atoms with Crippen LogP contribution in [0.4, 0.5) is 0 Å². The van der Waals surface area contributed by atoms with Crippen molar-refractivity contribution in [1.29, 1.82) is 0 Å². The molecule has 1 heterocycles. The molecule has 5 heteroatoms. The van der Waals surface area contributed by atoms with Gasteiger partial charge in [0, 0.05) is 0 Å². The second kappa shape index (κ2) is 6.41.